The van der Waals surface area contributed by atoms with Crippen molar-refractivity contribution in [2.75, 3.05) is 17.1 Å². The van der Waals surface area contributed by atoms with Gasteiger partial charge in [0, 0.05) is 25.0 Å². The van der Waals surface area contributed by atoms with Gasteiger partial charge in [-0.2, -0.15) is 0 Å². The van der Waals surface area contributed by atoms with E-state index in [2.05, 4.69) is 5.32 Å². The van der Waals surface area contributed by atoms with Crippen LogP contribution in [0.1, 0.15) is 58.1 Å². The molecule has 0 saturated heterocycles. The lowest BCUT2D eigenvalue weighted by Gasteiger charge is -2.33. The van der Waals surface area contributed by atoms with Gasteiger partial charge in [-0.3, -0.25) is 13.9 Å². The topological polar surface area (TPSA) is 86.8 Å². The van der Waals surface area contributed by atoms with Gasteiger partial charge in [-0.25, -0.2) is 12.8 Å². The zero-order valence-electron chi connectivity index (χ0n) is 22.0. The van der Waals surface area contributed by atoms with Crippen molar-refractivity contribution in [3.63, 3.8) is 0 Å². The highest BCUT2D eigenvalue weighted by Gasteiger charge is 2.31. The molecule has 0 heterocycles. The first-order valence-electron chi connectivity index (χ1n) is 12.1. The van der Waals surface area contributed by atoms with Gasteiger partial charge < -0.3 is 10.2 Å². The fourth-order valence-electron chi connectivity index (χ4n) is 3.98. The number of nitrogens with zero attached hydrogens (tertiary/aromatic N) is 2. The van der Waals surface area contributed by atoms with Gasteiger partial charge in [0.2, 0.25) is 21.8 Å². The van der Waals surface area contributed by atoms with Gasteiger partial charge in [-0.15, -0.1) is 0 Å². The second-order valence-electron chi connectivity index (χ2n) is 10.0. The molecule has 7 nitrogen and oxygen atoms in total. The Morgan fingerprint density at radius 2 is 1.67 bits per heavy atom. The summed E-state index contributed by atoms with van der Waals surface area (Å²) in [5, 5.41) is 2.97. The molecule has 2 rings (SSSR count). The number of rotatable bonds is 11. The summed E-state index contributed by atoms with van der Waals surface area (Å²) in [6, 6.07) is 12.6. The number of hydrogen-bond acceptors (Lipinski definition) is 4. The van der Waals surface area contributed by atoms with Crippen LogP contribution in [0.5, 0.6) is 0 Å². The van der Waals surface area contributed by atoms with Gasteiger partial charge in [-0.05, 0) is 63.8 Å². The second kappa shape index (κ2) is 12.3. The number of aryl methyl sites for hydroxylation is 1. The average Bonchev–Trinajstić information content (AvgIpc) is 2.76. The molecule has 198 valence electrons. The van der Waals surface area contributed by atoms with Gasteiger partial charge in [-0.1, -0.05) is 43.3 Å². The minimum absolute atomic E-state index is 0.00561. The van der Waals surface area contributed by atoms with Crippen LogP contribution >= 0.6 is 0 Å². The highest BCUT2D eigenvalue weighted by atomic mass is 32.2. The number of carbonyl (C=O) groups is 2. The number of anilines is 1. The Labute approximate surface area is 214 Å². The molecule has 9 heteroatoms. The maximum Gasteiger partial charge on any atom is 0.243 e. The zero-order valence-corrected chi connectivity index (χ0v) is 22.9. The largest absolute Gasteiger partial charge is 0.350 e. The summed E-state index contributed by atoms with van der Waals surface area (Å²) >= 11 is 0. The molecule has 0 aliphatic heterocycles. The summed E-state index contributed by atoms with van der Waals surface area (Å²) < 4.78 is 40.0. The Bertz CT molecular complexity index is 1160. The first-order chi connectivity index (χ1) is 16.7. The molecule has 0 aliphatic carbocycles. The summed E-state index contributed by atoms with van der Waals surface area (Å²) in [4.78, 5) is 28.1. The average molecular weight is 520 g/mol. The molecule has 0 radical (unpaired) electrons. The number of hydrogen-bond donors (Lipinski definition) is 1. The van der Waals surface area contributed by atoms with Crippen LogP contribution in [0.2, 0.25) is 0 Å². The van der Waals surface area contributed by atoms with Crippen molar-refractivity contribution in [1.82, 2.24) is 10.2 Å². The first-order valence-corrected chi connectivity index (χ1v) is 14.0. The lowest BCUT2D eigenvalue weighted by atomic mass is 10.0. The van der Waals surface area contributed by atoms with E-state index in [1.54, 1.807) is 11.0 Å². The molecule has 2 aromatic carbocycles. The quantitative estimate of drug-likeness (QED) is 0.477. The minimum Gasteiger partial charge on any atom is -0.350 e. The van der Waals surface area contributed by atoms with Crippen molar-refractivity contribution in [3.05, 3.63) is 65.5 Å². The maximum absolute atomic E-state index is 14.3. The summed E-state index contributed by atoms with van der Waals surface area (Å²) in [5.41, 5.74) is 1.42. The Balaban J connectivity index is 2.26. The summed E-state index contributed by atoms with van der Waals surface area (Å²) in [6.45, 7) is 9.65. The van der Waals surface area contributed by atoms with Crippen LogP contribution in [0.25, 0.3) is 0 Å². The van der Waals surface area contributed by atoms with Crippen molar-refractivity contribution < 1.29 is 22.4 Å². The molecule has 0 spiro atoms. The number of halogens is 1. The molecule has 2 aromatic rings. The molecule has 1 atom stereocenters. The number of sulfonamides is 1. The van der Waals surface area contributed by atoms with Crippen molar-refractivity contribution in [3.8, 4) is 0 Å². The monoisotopic (exact) mass is 519 g/mol. The summed E-state index contributed by atoms with van der Waals surface area (Å²) in [7, 11) is -3.76. The smallest absolute Gasteiger partial charge is 0.243 e. The number of amides is 2. The fraction of sp³-hybridized carbons (Fsp3) is 0.481. The van der Waals surface area contributed by atoms with E-state index in [0.717, 1.165) is 21.7 Å². The van der Waals surface area contributed by atoms with E-state index in [9.17, 15) is 22.4 Å². The summed E-state index contributed by atoms with van der Waals surface area (Å²) in [5.74, 6) is -1.16. The van der Waals surface area contributed by atoms with Crippen LogP contribution in [0.3, 0.4) is 0 Å². The van der Waals surface area contributed by atoms with Crippen LogP contribution in [0.15, 0.2) is 48.5 Å². The Hall–Kier alpha value is -2.94. The maximum atomic E-state index is 14.3. The number of para-hydroxylation sites is 1. The molecule has 1 N–H and O–H groups in total. The third-order valence-electron chi connectivity index (χ3n) is 5.76. The van der Waals surface area contributed by atoms with E-state index in [1.807, 2.05) is 58.9 Å². The van der Waals surface area contributed by atoms with Crippen molar-refractivity contribution in [1.29, 1.82) is 0 Å². The zero-order chi connectivity index (χ0) is 27.1. The molecule has 0 aliphatic rings. The number of benzene rings is 2. The molecule has 0 fully saturated rings. The third kappa shape index (κ3) is 8.33. The highest BCUT2D eigenvalue weighted by molar-refractivity contribution is 7.92. The Morgan fingerprint density at radius 1 is 1.06 bits per heavy atom. The first kappa shape index (κ1) is 29.3. The molecular formula is C27H38FN3O4S. The molecule has 0 bridgehead atoms. The molecule has 36 heavy (non-hydrogen) atoms. The van der Waals surface area contributed by atoms with E-state index in [-0.39, 0.29) is 43.4 Å². The predicted molar refractivity (Wildman–Crippen MR) is 142 cm³/mol. The lowest BCUT2D eigenvalue weighted by molar-refractivity contribution is -0.142. The van der Waals surface area contributed by atoms with Crippen LogP contribution in [0, 0.1) is 12.7 Å². The van der Waals surface area contributed by atoms with E-state index in [4.69, 9.17) is 0 Å². The minimum atomic E-state index is -3.76. The fourth-order valence-corrected chi connectivity index (χ4v) is 4.95. The van der Waals surface area contributed by atoms with Gasteiger partial charge in [0.15, 0.2) is 0 Å². The molecule has 0 aromatic heterocycles. The lowest BCUT2D eigenvalue weighted by Crippen LogP contribution is -2.53. The van der Waals surface area contributed by atoms with Gasteiger partial charge in [0.1, 0.15) is 11.9 Å². The summed E-state index contributed by atoms with van der Waals surface area (Å²) in [6.07, 6.45) is 1.60. The predicted octanol–water partition coefficient (Wildman–Crippen LogP) is 4.40. The normalized spacial score (nSPS) is 12.6. The van der Waals surface area contributed by atoms with Crippen molar-refractivity contribution in [2.45, 2.75) is 72.0 Å². The SMILES string of the molecule is CC[C@H](C(=O)NC(C)(C)C)N(Cc1ccccc1C)C(=O)CCCN(c1ccccc1F)S(C)(=O)=O. The van der Waals surface area contributed by atoms with Gasteiger partial charge in [0.25, 0.3) is 0 Å². The Kier molecular flexibility index (Phi) is 10.0. The standard InChI is InChI=1S/C27H38FN3O4S/c1-7-23(26(33)29-27(3,4)5)30(19-21-14-9-8-13-20(21)2)25(32)17-12-18-31(36(6,34)35)24-16-11-10-15-22(24)28/h8-11,13-16,23H,7,12,17-19H2,1-6H3,(H,29,33)/t23-/m1/s1. The molecule has 0 unspecified atom stereocenters. The van der Waals surface area contributed by atoms with E-state index >= 15 is 0 Å². The highest BCUT2D eigenvalue weighted by Crippen LogP contribution is 2.23. The van der Waals surface area contributed by atoms with Crippen molar-refractivity contribution >= 4 is 27.5 Å². The van der Waals surface area contributed by atoms with E-state index in [1.165, 1.54) is 18.2 Å². The van der Waals surface area contributed by atoms with Gasteiger partial charge >= 0.3 is 0 Å². The van der Waals surface area contributed by atoms with Gasteiger partial charge in [0.05, 0.1) is 11.9 Å². The third-order valence-corrected chi connectivity index (χ3v) is 6.94. The number of carbonyl (C=O) groups excluding carboxylic acids is 2. The second-order valence-corrected chi connectivity index (χ2v) is 11.9. The van der Waals surface area contributed by atoms with E-state index < -0.39 is 27.4 Å². The van der Waals surface area contributed by atoms with Crippen LogP contribution in [-0.4, -0.2) is 49.5 Å². The van der Waals surface area contributed by atoms with Crippen LogP contribution in [-0.2, 0) is 26.2 Å². The van der Waals surface area contributed by atoms with Crippen LogP contribution in [0.4, 0.5) is 10.1 Å². The molecular weight excluding hydrogens is 481 g/mol. The van der Waals surface area contributed by atoms with Crippen LogP contribution < -0.4 is 9.62 Å². The molecule has 0 saturated carbocycles. The number of nitrogens with one attached hydrogen (secondary N) is 1. The van der Waals surface area contributed by atoms with Crippen molar-refractivity contribution in [2.24, 2.45) is 0 Å². The molecule has 2 amide bonds. The Morgan fingerprint density at radius 3 is 2.22 bits per heavy atom. The van der Waals surface area contributed by atoms with E-state index in [0.29, 0.717) is 6.42 Å².